The summed E-state index contributed by atoms with van der Waals surface area (Å²) in [4.78, 5) is 24.1. The molecule has 3 rings (SSSR count). The van der Waals surface area contributed by atoms with Crippen molar-refractivity contribution < 1.29 is 18.4 Å². The molecule has 0 aliphatic heterocycles. The van der Waals surface area contributed by atoms with E-state index in [1.54, 1.807) is 12.1 Å². The van der Waals surface area contributed by atoms with Crippen LogP contribution in [0.5, 0.6) is 0 Å². The molecule has 0 spiro atoms. The maximum Gasteiger partial charge on any atom is 0.228 e. The summed E-state index contributed by atoms with van der Waals surface area (Å²) in [5.41, 5.74) is 0.434. The third-order valence-electron chi connectivity index (χ3n) is 3.69. The molecule has 1 aliphatic carbocycles. The Balaban J connectivity index is 1.57. The molecule has 23 heavy (non-hydrogen) atoms. The van der Waals surface area contributed by atoms with Gasteiger partial charge in [-0.05, 0) is 36.8 Å². The van der Waals surface area contributed by atoms with Crippen molar-refractivity contribution in [2.24, 2.45) is 11.8 Å². The average molecular weight is 316 g/mol. The van der Waals surface area contributed by atoms with E-state index >= 15 is 0 Å². The maximum atomic E-state index is 13.5. The van der Waals surface area contributed by atoms with Gasteiger partial charge in [0.05, 0.1) is 17.5 Å². The SMILES string of the molecule is O=C(Nc1cccc(F)c1)C1CC1C(=O)Nc1ccccc1F. The number of hydrogen-bond acceptors (Lipinski definition) is 2. The third kappa shape index (κ3) is 3.53. The summed E-state index contributed by atoms with van der Waals surface area (Å²) < 4.78 is 26.6. The molecule has 0 saturated heterocycles. The number of rotatable bonds is 4. The van der Waals surface area contributed by atoms with Gasteiger partial charge in [0.15, 0.2) is 0 Å². The van der Waals surface area contributed by atoms with Crippen molar-refractivity contribution in [1.29, 1.82) is 0 Å². The van der Waals surface area contributed by atoms with Gasteiger partial charge in [-0.1, -0.05) is 18.2 Å². The van der Waals surface area contributed by atoms with Crippen LogP contribution in [-0.4, -0.2) is 11.8 Å². The van der Waals surface area contributed by atoms with Crippen LogP contribution in [0.1, 0.15) is 6.42 Å². The lowest BCUT2D eigenvalue weighted by atomic mass is 10.2. The molecule has 0 radical (unpaired) electrons. The molecule has 2 aromatic carbocycles. The largest absolute Gasteiger partial charge is 0.326 e. The molecule has 1 saturated carbocycles. The fourth-order valence-electron chi connectivity index (χ4n) is 2.36. The Kier molecular flexibility index (Phi) is 4.06. The van der Waals surface area contributed by atoms with Gasteiger partial charge in [-0.15, -0.1) is 0 Å². The Labute approximate surface area is 131 Å². The van der Waals surface area contributed by atoms with E-state index in [9.17, 15) is 18.4 Å². The van der Waals surface area contributed by atoms with Gasteiger partial charge in [-0.2, -0.15) is 0 Å². The predicted octanol–water partition coefficient (Wildman–Crippen LogP) is 3.18. The second kappa shape index (κ2) is 6.16. The van der Waals surface area contributed by atoms with Gasteiger partial charge in [0, 0.05) is 5.69 Å². The number of amides is 2. The maximum absolute atomic E-state index is 13.5. The first kappa shape index (κ1) is 15.1. The van der Waals surface area contributed by atoms with E-state index in [1.165, 1.54) is 36.4 Å². The van der Waals surface area contributed by atoms with Crippen LogP contribution >= 0.6 is 0 Å². The lowest BCUT2D eigenvalue weighted by Gasteiger charge is -2.07. The van der Waals surface area contributed by atoms with Crippen molar-refractivity contribution in [2.45, 2.75) is 6.42 Å². The van der Waals surface area contributed by atoms with Crippen LogP contribution in [0.25, 0.3) is 0 Å². The number of hydrogen-bond donors (Lipinski definition) is 2. The van der Waals surface area contributed by atoms with Crippen molar-refractivity contribution in [1.82, 2.24) is 0 Å². The summed E-state index contributed by atoms with van der Waals surface area (Å²) in [6.45, 7) is 0. The monoisotopic (exact) mass is 316 g/mol. The molecule has 2 amide bonds. The molecule has 118 valence electrons. The van der Waals surface area contributed by atoms with Gasteiger partial charge in [-0.3, -0.25) is 9.59 Å². The molecule has 6 heteroatoms. The van der Waals surface area contributed by atoms with Gasteiger partial charge in [0.1, 0.15) is 11.6 Å². The third-order valence-corrected chi connectivity index (χ3v) is 3.69. The number of nitrogens with one attached hydrogen (secondary N) is 2. The minimum Gasteiger partial charge on any atom is -0.326 e. The Morgan fingerprint density at radius 2 is 1.61 bits per heavy atom. The van der Waals surface area contributed by atoms with Crippen LogP contribution < -0.4 is 10.6 Å². The Hall–Kier alpha value is -2.76. The Morgan fingerprint density at radius 3 is 2.30 bits per heavy atom. The van der Waals surface area contributed by atoms with Crippen LogP contribution in [0.3, 0.4) is 0 Å². The summed E-state index contributed by atoms with van der Waals surface area (Å²) in [6, 6.07) is 11.4. The fraction of sp³-hybridized carbons (Fsp3) is 0.176. The molecule has 2 unspecified atom stereocenters. The normalized spacial score (nSPS) is 19.0. The van der Waals surface area contributed by atoms with Crippen molar-refractivity contribution in [3.05, 3.63) is 60.2 Å². The van der Waals surface area contributed by atoms with Gasteiger partial charge in [0.25, 0.3) is 0 Å². The quantitative estimate of drug-likeness (QED) is 0.910. The van der Waals surface area contributed by atoms with Crippen LogP contribution in [0.15, 0.2) is 48.5 Å². The predicted molar refractivity (Wildman–Crippen MR) is 81.7 cm³/mol. The van der Waals surface area contributed by atoms with Gasteiger partial charge >= 0.3 is 0 Å². The smallest absolute Gasteiger partial charge is 0.228 e. The minimum atomic E-state index is -0.526. The van der Waals surface area contributed by atoms with Gasteiger partial charge in [-0.25, -0.2) is 8.78 Å². The number of para-hydroxylation sites is 1. The number of halogens is 2. The zero-order valence-electron chi connectivity index (χ0n) is 12.1. The summed E-state index contributed by atoms with van der Waals surface area (Å²) in [5.74, 6) is -2.69. The van der Waals surface area contributed by atoms with E-state index in [0.29, 0.717) is 12.1 Å². The van der Waals surface area contributed by atoms with Gasteiger partial charge < -0.3 is 10.6 Å². The standard InChI is InChI=1S/C17H14F2N2O2/c18-10-4-3-5-11(8-10)20-16(22)12-9-13(12)17(23)21-15-7-2-1-6-14(15)19/h1-8,12-13H,9H2,(H,20,22)(H,21,23). The molecule has 2 atom stereocenters. The topological polar surface area (TPSA) is 58.2 Å². The number of anilines is 2. The lowest BCUT2D eigenvalue weighted by Crippen LogP contribution is -2.21. The molecule has 4 nitrogen and oxygen atoms in total. The lowest BCUT2D eigenvalue weighted by molar-refractivity contribution is -0.122. The van der Waals surface area contributed by atoms with E-state index in [1.807, 2.05) is 0 Å². The summed E-state index contributed by atoms with van der Waals surface area (Å²) in [6.07, 6.45) is 0.390. The van der Waals surface area contributed by atoms with Crippen molar-refractivity contribution in [3.63, 3.8) is 0 Å². The second-order valence-corrected chi connectivity index (χ2v) is 5.42. The van der Waals surface area contributed by atoms with Crippen LogP contribution in [-0.2, 0) is 9.59 Å². The highest BCUT2D eigenvalue weighted by Crippen LogP contribution is 2.40. The van der Waals surface area contributed by atoms with Crippen molar-refractivity contribution >= 4 is 23.2 Å². The average Bonchev–Trinajstić information content (AvgIpc) is 3.30. The first-order chi connectivity index (χ1) is 11.0. The number of benzene rings is 2. The molecular weight excluding hydrogens is 302 g/mol. The second-order valence-electron chi connectivity index (χ2n) is 5.42. The molecule has 2 aromatic rings. The summed E-state index contributed by atoms with van der Waals surface area (Å²) in [5, 5.41) is 5.05. The van der Waals surface area contributed by atoms with Crippen LogP contribution in [0, 0.1) is 23.5 Å². The first-order valence-electron chi connectivity index (χ1n) is 7.16. The Bertz CT molecular complexity index is 764. The van der Waals surface area contributed by atoms with Crippen LogP contribution in [0.2, 0.25) is 0 Å². The molecular formula is C17H14F2N2O2. The molecule has 0 aromatic heterocycles. The van der Waals surface area contributed by atoms with E-state index in [0.717, 1.165) is 0 Å². The minimum absolute atomic E-state index is 0.0914. The zero-order chi connectivity index (χ0) is 16.4. The molecule has 0 bridgehead atoms. The Morgan fingerprint density at radius 1 is 0.913 bits per heavy atom. The van der Waals surface area contributed by atoms with Crippen molar-refractivity contribution in [2.75, 3.05) is 10.6 Å². The highest BCUT2D eigenvalue weighted by atomic mass is 19.1. The summed E-state index contributed by atoms with van der Waals surface area (Å²) >= 11 is 0. The number of carbonyl (C=O) groups is 2. The zero-order valence-corrected chi connectivity index (χ0v) is 12.1. The molecule has 1 fully saturated rings. The van der Waals surface area contributed by atoms with Crippen LogP contribution in [0.4, 0.5) is 20.2 Å². The highest BCUT2D eigenvalue weighted by Gasteiger charge is 2.48. The van der Waals surface area contributed by atoms with E-state index in [2.05, 4.69) is 10.6 Å². The number of carbonyl (C=O) groups excluding carboxylic acids is 2. The van der Waals surface area contributed by atoms with E-state index in [4.69, 9.17) is 0 Å². The summed E-state index contributed by atoms with van der Waals surface area (Å²) in [7, 11) is 0. The van der Waals surface area contributed by atoms with E-state index < -0.39 is 29.4 Å². The fourth-order valence-corrected chi connectivity index (χ4v) is 2.36. The van der Waals surface area contributed by atoms with Crippen molar-refractivity contribution in [3.8, 4) is 0 Å². The van der Waals surface area contributed by atoms with Gasteiger partial charge in [0.2, 0.25) is 11.8 Å². The molecule has 2 N–H and O–H groups in total. The molecule has 0 heterocycles. The highest BCUT2D eigenvalue weighted by molar-refractivity contribution is 6.03. The first-order valence-corrected chi connectivity index (χ1v) is 7.16. The molecule has 1 aliphatic rings. The van der Waals surface area contributed by atoms with E-state index in [-0.39, 0.29) is 11.6 Å².